The zero-order chi connectivity index (χ0) is 13.0. The molecule has 1 aromatic rings. The van der Waals surface area contributed by atoms with Gasteiger partial charge in [-0.05, 0) is 37.6 Å². The van der Waals surface area contributed by atoms with Crippen molar-refractivity contribution in [1.29, 1.82) is 0 Å². The Kier molecular flexibility index (Phi) is 4.55. The summed E-state index contributed by atoms with van der Waals surface area (Å²) in [5, 5.41) is 6.16. The highest BCUT2D eigenvalue weighted by Gasteiger charge is 2.19. The van der Waals surface area contributed by atoms with Crippen LogP contribution in [-0.2, 0) is 4.79 Å². The lowest BCUT2D eigenvalue weighted by Gasteiger charge is -2.15. The molecule has 2 N–H and O–H groups in total. The Morgan fingerprint density at radius 2 is 2.17 bits per heavy atom. The van der Waals surface area contributed by atoms with Crippen LogP contribution in [0.15, 0.2) is 18.2 Å². The fourth-order valence-corrected chi connectivity index (χ4v) is 2.33. The lowest BCUT2D eigenvalue weighted by atomic mass is 10.1. The number of anilines is 1. The van der Waals surface area contributed by atoms with Crippen molar-refractivity contribution < 1.29 is 9.18 Å². The van der Waals surface area contributed by atoms with Crippen molar-refractivity contribution >= 4 is 23.2 Å². The maximum Gasteiger partial charge on any atom is 0.241 e. The van der Waals surface area contributed by atoms with Crippen LogP contribution >= 0.6 is 11.6 Å². The summed E-state index contributed by atoms with van der Waals surface area (Å²) in [6, 6.07) is 3.82. The molecule has 18 heavy (non-hydrogen) atoms. The van der Waals surface area contributed by atoms with Crippen LogP contribution in [0.2, 0.25) is 5.02 Å². The Bertz CT molecular complexity index is 411. The third kappa shape index (κ3) is 3.68. The van der Waals surface area contributed by atoms with E-state index in [9.17, 15) is 9.18 Å². The van der Waals surface area contributed by atoms with Gasteiger partial charge in [0.15, 0.2) is 0 Å². The van der Waals surface area contributed by atoms with Crippen molar-refractivity contribution in [2.24, 2.45) is 0 Å². The van der Waals surface area contributed by atoms with Crippen LogP contribution in [0.25, 0.3) is 0 Å². The third-order valence-electron chi connectivity index (χ3n) is 3.01. The Labute approximate surface area is 111 Å². The first kappa shape index (κ1) is 13.3. The van der Waals surface area contributed by atoms with Crippen molar-refractivity contribution in [1.82, 2.24) is 5.32 Å². The van der Waals surface area contributed by atoms with Gasteiger partial charge < -0.3 is 10.6 Å². The van der Waals surface area contributed by atoms with Gasteiger partial charge in [-0.15, -0.1) is 0 Å². The maximum atomic E-state index is 13.1. The molecule has 2 rings (SSSR count). The van der Waals surface area contributed by atoms with Crippen LogP contribution in [0, 0.1) is 5.82 Å². The first-order chi connectivity index (χ1) is 8.65. The minimum absolute atomic E-state index is 0.126. The highest BCUT2D eigenvalue weighted by Crippen LogP contribution is 2.19. The van der Waals surface area contributed by atoms with Crippen LogP contribution in [0.3, 0.4) is 0 Å². The van der Waals surface area contributed by atoms with Crippen LogP contribution < -0.4 is 10.6 Å². The van der Waals surface area contributed by atoms with Gasteiger partial charge in [0.05, 0.1) is 6.04 Å². The van der Waals surface area contributed by atoms with Gasteiger partial charge in [-0.2, -0.15) is 0 Å². The summed E-state index contributed by atoms with van der Waals surface area (Å²) in [7, 11) is 0. The molecule has 0 aromatic heterocycles. The molecule has 1 saturated heterocycles. The SMILES string of the molecule is O=C(Nc1cc(F)cc(Cl)c1)C1CCCCCN1. The second-order valence-corrected chi connectivity index (χ2v) is 4.94. The van der Waals surface area contributed by atoms with Crippen LogP contribution in [0.5, 0.6) is 0 Å². The quantitative estimate of drug-likeness (QED) is 0.868. The summed E-state index contributed by atoms with van der Waals surface area (Å²) in [6.07, 6.45) is 4.09. The molecule has 1 aliphatic heterocycles. The molecule has 1 aliphatic rings. The number of hydrogen-bond donors (Lipinski definition) is 2. The van der Waals surface area contributed by atoms with E-state index in [2.05, 4.69) is 10.6 Å². The normalized spacial score (nSPS) is 20.2. The number of carbonyl (C=O) groups is 1. The van der Waals surface area contributed by atoms with Gasteiger partial charge >= 0.3 is 0 Å². The average Bonchev–Trinajstić information content (AvgIpc) is 2.55. The van der Waals surface area contributed by atoms with E-state index >= 15 is 0 Å². The molecule has 5 heteroatoms. The van der Waals surface area contributed by atoms with Crippen molar-refractivity contribution in [3.05, 3.63) is 29.0 Å². The zero-order valence-corrected chi connectivity index (χ0v) is 10.8. The molecule has 1 atom stereocenters. The Hall–Kier alpha value is -1.13. The van der Waals surface area contributed by atoms with Gasteiger partial charge in [0, 0.05) is 10.7 Å². The molecule has 0 bridgehead atoms. The van der Waals surface area contributed by atoms with E-state index in [1.54, 1.807) is 6.07 Å². The molecule has 0 aliphatic carbocycles. The highest BCUT2D eigenvalue weighted by molar-refractivity contribution is 6.30. The number of hydrogen-bond acceptors (Lipinski definition) is 2. The second-order valence-electron chi connectivity index (χ2n) is 4.50. The number of rotatable bonds is 2. The maximum absolute atomic E-state index is 13.1. The van der Waals surface area contributed by atoms with E-state index in [4.69, 9.17) is 11.6 Å². The molecule has 0 radical (unpaired) electrons. The van der Waals surface area contributed by atoms with Gasteiger partial charge in [0.2, 0.25) is 5.91 Å². The molecule has 0 spiro atoms. The molecule has 1 fully saturated rings. The Balaban J connectivity index is 2.01. The molecular formula is C13H16ClFN2O. The predicted molar refractivity (Wildman–Crippen MR) is 70.3 cm³/mol. The first-order valence-electron chi connectivity index (χ1n) is 6.15. The van der Waals surface area contributed by atoms with Gasteiger partial charge in [-0.25, -0.2) is 4.39 Å². The summed E-state index contributed by atoms with van der Waals surface area (Å²) in [4.78, 5) is 12.0. The van der Waals surface area contributed by atoms with E-state index in [1.807, 2.05) is 0 Å². The molecule has 0 saturated carbocycles. The van der Waals surface area contributed by atoms with Gasteiger partial charge in [-0.1, -0.05) is 24.4 Å². The average molecular weight is 271 g/mol. The predicted octanol–water partition coefficient (Wildman–Crippen LogP) is 2.95. The molecule has 3 nitrogen and oxygen atoms in total. The number of halogens is 2. The number of nitrogens with one attached hydrogen (secondary N) is 2. The van der Waals surface area contributed by atoms with E-state index < -0.39 is 5.82 Å². The monoisotopic (exact) mass is 270 g/mol. The van der Waals surface area contributed by atoms with E-state index in [1.165, 1.54) is 12.1 Å². The summed E-state index contributed by atoms with van der Waals surface area (Å²) >= 11 is 5.74. The third-order valence-corrected chi connectivity index (χ3v) is 3.23. The summed E-state index contributed by atoms with van der Waals surface area (Å²) in [6.45, 7) is 0.849. The van der Waals surface area contributed by atoms with Crippen LogP contribution in [0.1, 0.15) is 25.7 Å². The first-order valence-corrected chi connectivity index (χ1v) is 6.53. The van der Waals surface area contributed by atoms with Crippen molar-refractivity contribution in [2.45, 2.75) is 31.7 Å². The topological polar surface area (TPSA) is 41.1 Å². The van der Waals surface area contributed by atoms with Crippen molar-refractivity contribution in [2.75, 3.05) is 11.9 Å². The van der Waals surface area contributed by atoms with E-state index in [-0.39, 0.29) is 17.0 Å². The fourth-order valence-electron chi connectivity index (χ4n) is 2.11. The van der Waals surface area contributed by atoms with Crippen LogP contribution in [0.4, 0.5) is 10.1 Å². The minimum atomic E-state index is -0.452. The lowest BCUT2D eigenvalue weighted by molar-refractivity contribution is -0.118. The number of benzene rings is 1. The summed E-state index contributed by atoms with van der Waals surface area (Å²) in [5.74, 6) is -0.579. The Morgan fingerprint density at radius 3 is 2.94 bits per heavy atom. The molecule has 1 aromatic carbocycles. The number of carbonyl (C=O) groups excluding carboxylic acids is 1. The molecule has 1 heterocycles. The largest absolute Gasteiger partial charge is 0.325 e. The number of amides is 1. The highest BCUT2D eigenvalue weighted by atomic mass is 35.5. The second kappa shape index (κ2) is 6.16. The lowest BCUT2D eigenvalue weighted by Crippen LogP contribution is -2.39. The van der Waals surface area contributed by atoms with E-state index in [0.29, 0.717) is 5.69 Å². The van der Waals surface area contributed by atoms with E-state index in [0.717, 1.165) is 32.2 Å². The standard InChI is InChI=1S/C13H16ClFN2O/c14-9-6-10(15)8-11(7-9)17-13(18)12-4-2-1-3-5-16-12/h6-8,12,16H,1-5H2,(H,17,18). The molecular weight excluding hydrogens is 255 g/mol. The van der Waals surface area contributed by atoms with Gasteiger partial charge in [0.1, 0.15) is 5.82 Å². The Morgan fingerprint density at radius 1 is 1.33 bits per heavy atom. The van der Waals surface area contributed by atoms with Crippen molar-refractivity contribution in [3.8, 4) is 0 Å². The molecule has 98 valence electrons. The van der Waals surface area contributed by atoms with Crippen LogP contribution in [-0.4, -0.2) is 18.5 Å². The molecule has 1 unspecified atom stereocenters. The summed E-state index contributed by atoms with van der Waals surface area (Å²) < 4.78 is 13.1. The smallest absolute Gasteiger partial charge is 0.241 e. The van der Waals surface area contributed by atoms with Gasteiger partial charge in [0.25, 0.3) is 0 Å². The summed E-state index contributed by atoms with van der Waals surface area (Å²) in [5.41, 5.74) is 0.399. The van der Waals surface area contributed by atoms with Crippen molar-refractivity contribution in [3.63, 3.8) is 0 Å². The zero-order valence-electron chi connectivity index (χ0n) is 10.0. The minimum Gasteiger partial charge on any atom is -0.325 e. The fraction of sp³-hybridized carbons (Fsp3) is 0.462. The molecule has 1 amide bonds. The van der Waals surface area contributed by atoms with Gasteiger partial charge in [-0.3, -0.25) is 4.79 Å².